The summed E-state index contributed by atoms with van der Waals surface area (Å²) in [4.78, 5) is 47.1. The van der Waals surface area contributed by atoms with Crippen LogP contribution in [0.1, 0.15) is 141 Å². The first-order valence-corrected chi connectivity index (χ1v) is 15.2. The molecule has 220 valence electrons. The van der Waals surface area contributed by atoms with E-state index in [0.29, 0.717) is 26.4 Å². The maximum atomic E-state index is 11.8. The Morgan fingerprint density at radius 1 is 0.263 bits per heavy atom. The minimum Gasteiger partial charge on any atom is -0.465 e. The van der Waals surface area contributed by atoms with Crippen molar-refractivity contribution in [3.05, 3.63) is 0 Å². The highest BCUT2D eigenvalue weighted by atomic mass is 16.6. The van der Waals surface area contributed by atoms with Gasteiger partial charge in [-0.15, -0.1) is 0 Å². The van der Waals surface area contributed by atoms with Gasteiger partial charge in [0.25, 0.3) is 0 Å². The molecule has 0 aromatic carbocycles. The predicted octanol–water partition coefficient (Wildman–Crippen LogP) is 6.76. The molecule has 0 aromatic heterocycles. The first-order valence-electron chi connectivity index (χ1n) is 15.2. The Labute approximate surface area is 229 Å². The zero-order valence-electron chi connectivity index (χ0n) is 23.7. The molecule has 0 saturated carbocycles. The van der Waals surface area contributed by atoms with E-state index in [-0.39, 0.29) is 12.8 Å². The third-order valence-electron chi connectivity index (χ3n) is 6.71. The van der Waals surface area contributed by atoms with E-state index in [0.717, 1.165) is 103 Å². The van der Waals surface area contributed by atoms with Gasteiger partial charge in [-0.25, -0.2) is 0 Å². The number of carbonyl (C=O) groups excluding carboxylic acids is 4. The van der Waals surface area contributed by atoms with Gasteiger partial charge in [0.05, 0.1) is 26.4 Å². The Morgan fingerprint density at radius 2 is 0.421 bits per heavy atom. The summed E-state index contributed by atoms with van der Waals surface area (Å²) in [5.41, 5.74) is 0. The summed E-state index contributed by atoms with van der Waals surface area (Å²) in [6, 6.07) is 0. The molecule has 0 aliphatic carbocycles. The molecule has 0 atom stereocenters. The van der Waals surface area contributed by atoms with Crippen molar-refractivity contribution < 1.29 is 38.1 Å². The Bertz CT molecular complexity index is 528. The quantitative estimate of drug-likeness (QED) is 0.189. The van der Waals surface area contributed by atoms with Crippen LogP contribution >= 0.6 is 0 Å². The van der Waals surface area contributed by atoms with E-state index in [1.54, 1.807) is 0 Å². The molecule has 0 unspecified atom stereocenters. The summed E-state index contributed by atoms with van der Waals surface area (Å²) in [5, 5.41) is 0. The number of rotatable bonds is 0. The van der Waals surface area contributed by atoms with Crippen LogP contribution in [-0.2, 0) is 38.1 Å². The van der Waals surface area contributed by atoms with Crippen LogP contribution in [0.5, 0.6) is 0 Å². The second-order valence-corrected chi connectivity index (χ2v) is 10.3. The SMILES string of the molecule is O=C1CC(=O)OCCCCCCCCCCCCOC(=O)CC(=O)OCCCCCCCCCCCCO1. The number of esters is 4. The lowest BCUT2D eigenvalue weighted by Crippen LogP contribution is -2.15. The van der Waals surface area contributed by atoms with E-state index < -0.39 is 23.9 Å². The van der Waals surface area contributed by atoms with Crippen LogP contribution in [0.15, 0.2) is 0 Å². The summed E-state index contributed by atoms with van der Waals surface area (Å²) in [6.45, 7) is 1.44. The van der Waals surface area contributed by atoms with E-state index in [4.69, 9.17) is 18.9 Å². The smallest absolute Gasteiger partial charge is 0.317 e. The molecule has 8 heteroatoms. The molecule has 1 rings (SSSR count). The maximum absolute atomic E-state index is 11.8. The monoisotopic (exact) mass is 540 g/mol. The van der Waals surface area contributed by atoms with Crippen LogP contribution in [0.2, 0.25) is 0 Å². The zero-order valence-corrected chi connectivity index (χ0v) is 23.7. The van der Waals surface area contributed by atoms with Gasteiger partial charge in [-0.3, -0.25) is 19.2 Å². The second-order valence-electron chi connectivity index (χ2n) is 10.3. The first-order chi connectivity index (χ1) is 18.6. The Morgan fingerprint density at radius 3 is 0.605 bits per heavy atom. The molecule has 1 heterocycles. The number of ether oxygens (including phenoxy) is 4. The summed E-state index contributed by atoms with van der Waals surface area (Å²) in [5.74, 6) is -1.99. The molecule has 0 bridgehead atoms. The molecule has 8 nitrogen and oxygen atoms in total. The van der Waals surface area contributed by atoms with Crippen LogP contribution in [0.4, 0.5) is 0 Å². The summed E-state index contributed by atoms with van der Waals surface area (Å²) in [6.07, 6.45) is 20.5. The number of hydrogen-bond donors (Lipinski definition) is 0. The van der Waals surface area contributed by atoms with Gasteiger partial charge in [0.2, 0.25) is 0 Å². The molecular formula is C30H52O8. The minimum absolute atomic E-state index is 0.301. The van der Waals surface area contributed by atoms with Crippen molar-refractivity contribution in [2.45, 2.75) is 141 Å². The standard InChI is InChI=1S/C30H52O8/c31-27-25-29(33)37-23-19-15-11-7-3-4-8-12-16-20-24-38-30(34)26-28(32)36-22-18-14-10-6-2-1-5-9-13-17-21-35-27/h1-26H2. The van der Waals surface area contributed by atoms with Gasteiger partial charge in [0.1, 0.15) is 12.8 Å². The summed E-state index contributed by atoms with van der Waals surface area (Å²) < 4.78 is 20.6. The molecule has 0 spiro atoms. The van der Waals surface area contributed by atoms with E-state index >= 15 is 0 Å². The van der Waals surface area contributed by atoms with Gasteiger partial charge in [-0.1, -0.05) is 103 Å². The molecule has 0 amide bonds. The van der Waals surface area contributed by atoms with Crippen LogP contribution in [0.3, 0.4) is 0 Å². The van der Waals surface area contributed by atoms with Crippen molar-refractivity contribution in [2.75, 3.05) is 26.4 Å². The van der Waals surface area contributed by atoms with Crippen LogP contribution in [0.25, 0.3) is 0 Å². The second kappa shape index (κ2) is 25.2. The van der Waals surface area contributed by atoms with Crippen LogP contribution in [0, 0.1) is 0 Å². The largest absolute Gasteiger partial charge is 0.465 e. The zero-order chi connectivity index (χ0) is 27.5. The van der Waals surface area contributed by atoms with Crippen molar-refractivity contribution in [1.29, 1.82) is 0 Å². The van der Waals surface area contributed by atoms with E-state index in [1.165, 1.54) is 25.7 Å². The molecule has 1 aliphatic rings. The third-order valence-corrected chi connectivity index (χ3v) is 6.71. The maximum Gasteiger partial charge on any atom is 0.317 e. The van der Waals surface area contributed by atoms with Gasteiger partial charge in [-0.2, -0.15) is 0 Å². The molecule has 0 aromatic rings. The van der Waals surface area contributed by atoms with Crippen molar-refractivity contribution >= 4 is 23.9 Å². The van der Waals surface area contributed by atoms with E-state index in [1.807, 2.05) is 0 Å². The molecule has 38 heavy (non-hydrogen) atoms. The summed E-state index contributed by atoms with van der Waals surface area (Å²) >= 11 is 0. The average Bonchev–Trinajstić information content (AvgIpc) is 2.88. The average molecular weight is 541 g/mol. The van der Waals surface area contributed by atoms with Gasteiger partial charge in [0.15, 0.2) is 0 Å². The predicted molar refractivity (Wildman–Crippen MR) is 145 cm³/mol. The van der Waals surface area contributed by atoms with Crippen molar-refractivity contribution in [2.24, 2.45) is 0 Å². The minimum atomic E-state index is -0.497. The normalized spacial score (nSPS) is 22.1. The lowest BCUT2D eigenvalue weighted by atomic mass is 10.1. The highest BCUT2D eigenvalue weighted by Gasteiger charge is 2.13. The van der Waals surface area contributed by atoms with Crippen LogP contribution in [-0.4, -0.2) is 50.3 Å². The van der Waals surface area contributed by atoms with E-state index in [9.17, 15) is 19.2 Å². The molecular weight excluding hydrogens is 488 g/mol. The van der Waals surface area contributed by atoms with Gasteiger partial charge in [0, 0.05) is 0 Å². The Hall–Kier alpha value is -2.12. The molecule has 1 aliphatic heterocycles. The fourth-order valence-corrected chi connectivity index (χ4v) is 4.42. The number of cyclic esters (lactones) is 4. The number of hydrogen-bond acceptors (Lipinski definition) is 8. The first kappa shape index (κ1) is 33.9. The van der Waals surface area contributed by atoms with Crippen LogP contribution < -0.4 is 0 Å². The fourth-order valence-electron chi connectivity index (χ4n) is 4.42. The van der Waals surface area contributed by atoms with E-state index in [2.05, 4.69) is 0 Å². The fraction of sp³-hybridized carbons (Fsp3) is 0.867. The Balaban J connectivity index is 2.22. The van der Waals surface area contributed by atoms with Crippen molar-refractivity contribution in [3.63, 3.8) is 0 Å². The Kier molecular flexibility index (Phi) is 22.5. The van der Waals surface area contributed by atoms with Gasteiger partial charge in [-0.05, 0) is 25.7 Å². The molecule has 0 N–H and O–H groups in total. The molecule has 0 radical (unpaired) electrons. The van der Waals surface area contributed by atoms with Crippen molar-refractivity contribution in [3.8, 4) is 0 Å². The number of carbonyl (C=O) groups is 4. The molecule has 1 fully saturated rings. The van der Waals surface area contributed by atoms with Gasteiger partial charge < -0.3 is 18.9 Å². The highest BCUT2D eigenvalue weighted by molar-refractivity contribution is 5.91. The molecule has 1 saturated heterocycles. The topological polar surface area (TPSA) is 105 Å². The van der Waals surface area contributed by atoms with Gasteiger partial charge >= 0.3 is 23.9 Å². The lowest BCUT2D eigenvalue weighted by molar-refractivity contribution is -0.156. The third kappa shape index (κ3) is 23.0. The highest BCUT2D eigenvalue weighted by Crippen LogP contribution is 2.12. The van der Waals surface area contributed by atoms with Crippen molar-refractivity contribution in [1.82, 2.24) is 0 Å². The summed E-state index contributed by atoms with van der Waals surface area (Å²) in [7, 11) is 0. The lowest BCUT2D eigenvalue weighted by Gasteiger charge is -2.07.